The van der Waals surface area contributed by atoms with Gasteiger partial charge in [-0.05, 0) is 67.2 Å². The lowest BCUT2D eigenvalue weighted by Gasteiger charge is -2.39. The molecule has 4 aliphatic rings. The molecule has 3 fully saturated rings. The van der Waals surface area contributed by atoms with Gasteiger partial charge in [0.15, 0.2) is 0 Å². The number of nitrogens with zero attached hydrogens (tertiary/aromatic N) is 2. The Labute approximate surface area is 214 Å². The first-order valence-corrected chi connectivity index (χ1v) is 13.4. The van der Waals surface area contributed by atoms with Crippen LogP contribution in [0.15, 0.2) is 48.5 Å². The van der Waals surface area contributed by atoms with Crippen molar-refractivity contribution in [1.29, 1.82) is 0 Å². The van der Waals surface area contributed by atoms with Gasteiger partial charge in [0.2, 0.25) is 0 Å². The minimum Gasteiger partial charge on any atom is -0.376 e. The van der Waals surface area contributed by atoms with E-state index < -0.39 is 0 Å². The van der Waals surface area contributed by atoms with Crippen LogP contribution in [0.4, 0.5) is 5.69 Å². The predicted octanol–water partition coefficient (Wildman–Crippen LogP) is 5.47. The fraction of sp³-hybridized carbons (Fsp3) is 0.533. The van der Waals surface area contributed by atoms with Gasteiger partial charge < -0.3 is 19.9 Å². The van der Waals surface area contributed by atoms with Crippen LogP contribution >= 0.6 is 0 Å². The number of hydrogen-bond donors (Lipinski definition) is 1. The molecule has 0 aromatic heterocycles. The molecule has 190 valence electrons. The Kier molecular flexibility index (Phi) is 5.63. The highest BCUT2D eigenvalue weighted by molar-refractivity contribution is 6.00. The number of carbonyl (C=O) groups excluding carboxylic acids is 2. The van der Waals surface area contributed by atoms with Crippen LogP contribution in [-0.2, 0) is 4.74 Å². The molecule has 6 rings (SSSR count). The molecule has 0 radical (unpaired) electrons. The summed E-state index contributed by atoms with van der Waals surface area (Å²) >= 11 is 0. The molecule has 3 aliphatic heterocycles. The Hall–Kier alpha value is -2.86. The normalized spacial score (nSPS) is 30.5. The van der Waals surface area contributed by atoms with Crippen LogP contribution < -0.4 is 5.32 Å². The maximum absolute atomic E-state index is 13.7. The first-order chi connectivity index (χ1) is 17.2. The molecule has 2 amide bonds. The average Bonchev–Trinajstić information content (AvgIpc) is 3.51. The largest absolute Gasteiger partial charge is 0.376 e. The van der Waals surface area contributed by atoms with Crippen molar-refractivity contribution in [2.75, 3.05) is 25.0 Å². The van der Waals surface area contributed by atoms with Gasteiger partial charge in [0.1, 0.15) is 6.17 Å². The summed E-state index contributed by atoms with van der Waals surface area (Å²) in [5, 5.41) is 3.58. The van der Waals surface area contributed by atoms with Gasteiger partial charge in [-0.2, -0.15) is 0 Å². The molecule has 4 unspecified atom stereocenters. The van der Waals surface area contributed by atoms with Gasteiger partial charge in [0.05, 0.1) is 6.10 Å². The maximum Gasteiger partial charge on any atom is 0.256 e. The average molecular weight is 488 g/mol. The van der Waals surface area contributed by atoms with Crippen LogP contribution in [0.3, 0.4) is 0 Å². The zero-order valence-corrected chi connectivity index (χ0v) is 21.6. The molecule has 2 saturated heterocycles. The third kappa shape index (κ3) is 4.19. The Balaban J connectivity index is 1.24. The molecule has 6 nitrogen and oxygen atoms in total. The molecule has 6 heteroatoms. The number of rotatable bonds is 5. The van der Waals surface area contributed by atoms with Gasteiger partial charge >= 0.3 is 0 Å². The number of anilines is 1. The molecule has 2 aromatic carbocycles. The molecule has 36 heavy (non-hydrogen) atoms. The first-order valence-electron chi connectivity index (χ1n) is 13.4. The summed E-state index contributed by atoms with van der Waals surface area (Å²) in [6, 6.07) is 15.9. The first kappa shape index (κ1) is 23.5. The van der Waals surface area contributed by atoms with Crippen molar-refractivity contribution in [3.8, 4) is 0 Å². The smallest absolute Gasteiger partial charge is 0.256 e. The lowest BCUT2D eigenvalue weighted by atomic mass is 9.65. The summed E-state index contributed by atoms with van der Waals surface area (Å²) in [4.78, 5) is 31.0. The van der Waals surface area contributed by atoms with Crippen molar-refractivity contribution < 1.29 is 14.3 Å². The second-order valence-corrected chi connectivity index (χ2v) is 12.5. The SMILES string of the molecule is CC1(C)CC2CC(C)(CN2C(=O)c2cccc(NC3c4ccccc4C(=O)N3CC3CCCO3)c2)C1. The van der Waals surface area contributed by atoms with Crippen LogP contribution in [0, 0.1) is 10.8 Å². The number of amides is 2. The van der Waals surface area contributed by atoms with E-state index in [0.29, 0.717) is 18.2 Å². The number of hydrogen-bond acceptors (Lipinski definition) is 4. The molecule has 1 aliphatic carbocycles. The predicted molar refractivity (Wildman–Crippen MR) is 140 cm³/mol. The van der Waals surface area contributed by atoms with Crippen molar-refractivity contribution in [2.45, 2.75) is 71.2 Å². The quantitative estimate of drug-likeness (QED) is 0.607. The molecular weight excluding hydrogens is 450 g/mol. The number of likely N-dealkylation sites (tertiary alicyclic amines) is 1. The van der Waals surface area contributed by atoms with Crippen molar-refractivity contribution in [2.24, 2.45) is 10.8 Å². The monoisotopic (exact) mass is 487 g/mol. The summed E-state index contributed by atoms with van der Waals surface area (Å²) in [5.74, 6) is 0.148. The van der Waals surface area contributed by atoms with Gasteiger partial charge in [-0.1, -0.05) is 45.0 Å². The molecule has 3 heterocycles. The standard InChI is InChI=1S/C30H37N3O3/c1-29(2)15-22-16-30(3,18-29)19-33(22)27(34)20-8-6-9-21(14-20)31-26-24-11-4-5-12-25(24)28(35)32(26)17-23-10-7-13-36-23/h4-6,8-9,11-12,14,22-23,26,31H,7,10,13,15-19H2,1-3H3. The Morgan fingerprint density at radius 1 is 1.11 bits per heavy atom. The lowest BCUT2D eigenvalue weighted by Crippen LogP contribution is -2.38. The van der Waals surface area contributed by atoms with Gasteiger partial charge in [-0.25, -0.2) is 0 Å². The van der Waals surface area contributed by atoms with E-state index in [1.807, 2.05) is 53.4 Å². The lowest BCUT2D eigenvalue weighted by molar-refractivity contribution is 0.0488. The minimum atomic E-state index is -0.283. The summed E-state index contributed by atoms with van der Waals surface area (Å²) < 4.78 is 5.85. The zero-order chi connectivity index (χ0) is 25.1. The van der Waals surface area contributed by atoms with E-state index in [0.717, 1.165) is 62.1 Å². The Morgan fingerprint density at radius 2 is 1.94 bits per heavy atom. The molecule has 4 atom stereocenters. The van der Waals surface area contributed by atoms with E-state index in [-0.39, 0.29) is 34.9 Å². The summed E-state index contributed by atoms with van der Waals surface area (Å²) in [7, 11) is 0. The van der Waals surface area contributed by atoms with Crippen LogP contribution in [-0.4, -0.2) is 53.5 Å². The van der Waals surface area contributed by atoms with Crippen LogP contribution in [0.1, 0.15) is 85.3 Å². The van der Waals surface area contributed by atoms with Crippen molar-refractivity contribution in [3.63, 3.8) is 0 Å². The van der Waals surface area contributed by atoms with Gasteiger partial charge in [0.25, 0.3) is 11.8 Å². The highest BCUT2D eigenvalue weighted by Crippen LogP contribution is 2.52. The topological polar surface area (TPSA) is 61.9 Å². The Morgan fingerprint density at radius 3 is 2.75 bits per heavy atom. The van der Waals surface area contributed by atoms with Crippen LogP contribution in [0.25, 0.3) is 0 Å². The van der Waals surface area contributed by atoms with Gasteiger partial charge in [-0.15, -0.1) is 0 Å². The third-order valence-electron chi connectivity index (χ3n) is 8.57. The van der Waals surface area contributed by atoms with Crippen molar-refractivity contribution in [3.05, 3.63) is 65.2 Å². The highest BCUT2D eigenvalue weighted by Gasteiger charge is 2.51. The molecule has 2 bridgehead atoms. The summed E-state index contributed by atoms with van der Waals surface area (Å²) in [6.07, 6.45) is 5.12. The number of ether oxygens (including phenoxy) is 1. The van der Waals surface area contributed by atoms with E-state index >= 15 is 0 Å². The summed E-state index contributed by atoms with van der Waals surface area (Å²) in [5.41, 5.74) is 3.74. The molecule has 2 aromatic rings. The second kappa shape index (κ2) is 8.62. The number of carbonyl (C=O) groups is 2. The van der Waals surface area contributed by atoms with Crippen LogP contribution in [0.5, 0.6) is 0 Å². The van der Waals surface area contributed by atoms with Gasteiger partial charge in [-0.3, -0.25) is 9.59 Å². The Bertz CT molecular complexity index is 1190. The van der Waals surface area contributed by atoms with E-state index in [9.17, 15) is 9.59 Å². The number of nitrogens with one attached hydrogen (secondary N) is 1. The fourth-order valence-electron chi connectivity index (χ4n) is 7.48. The molecule has 0 spiro atoms. The van der Waals surface area contributed by atoms with Crippen molar-refractivity contribution in [1.82, 2.24) is 9.80 Å². The molecular formula is C30H37N3O3. The van der Waals surface area contributed by atoms with E-state index in [1.54, 1.807) is 0 Å². The maximum atomic E-state index is 13.7. The van der Waals surface area contributed by atoms with Crippen molar-refractivity contribution >= 4 is 17.5 Å². The van der Waals surface area contributed by atoms with E-state index in [1.165, 1.54) is 0 Å². The molecule has 1 N–H and O–H groups in total. The third-order valence-corrected chi connectivity index (χ3v) is 8.57. The van der Waals surface area contributed by atoms with E-state index in [2.05, 4.69) is 31.0 Å². The number of benzene rings is 2. The second-order valence-electron chi connectivity index (χ2n) is 12.5. The van der Waals surface area contributed by atoms with Gasteiger partial charge in [0, 0.05) is 48.1 Å². The fourth-order valence-corrected chi connectivity index (χ4v) is 7.48. The van der Waals surface area contributed by atoms with Crippen LogP contribution in [0.2, 0.25) is 0 Å². The minimum absolute atomic E-state index is 0.0334. The molecule has 1 saturated carbocycles. The zero-order valence-electron chi connectivity index (χ0n) is 21.6. The number of fused-ring (bicyclic) bond motifs is 3. The summed E-state index contributed by atoms with van der Waals surface area (Å²) in [6.45, 7) is 9.15. The van der Waals surface area contributed by atoms with E-state index in [4.69, 9.17) is 4.74 Å². The highest BCUT2D eigenvalue weighted by atomic mass is 16.5.